The topological polar surface area (TPSA) is 112 Å². The van der Waals surface area contributed by atoms with E-state index < -0.39 is 29.4 Å². The summed E-state index contributed by atoms with van der Waals surface area (Å²) in [6, 6.07) is -0.610. The molecular weight excluding hydrogens is 338 g/mol. The number of carboxylic acid groups (broad SMARTS) is 2. The van der Waals surface area contributed by atoms with Crippen molar-refractivity contribution in [2.24, 2.45) is 5.92 Å². The summed E-state index contributed by atoms with van der Waals surface area (Å²) in [7, 11) is 0. The largest absolute Gasteiger partial charge is 0.481 e. The van der Waals surface area contributed by atoms with Crippen LogP contribution in [0.5, 0.6) is 0 Å². The number of aliphatic carboxylic acids is 2. The molecule has 3 N–H and O–H groups in total. The first-order valence-corrected chi connectivity index (χ1v) is 8.70. The van der Waals surface area contributed by atoms with Gasteiger partial charge in [-0.3, -0.25) is 14.9 Å². The van der Waals surface area contributed by atoms with Crippen LogP contribution in [0.3, 0.4) is 0 Å². The fourth-order valence-corrected chi connectivity index (χ4v) is 4.36. The number of carbonyl (C=O) groups is 2. The summed E-state index contributed by atoms with van der Waals surface area (Å²) in [6.45, 7) is 1.88. The van der Waals surface area contributed by atoms with Crippen LogP contribution in [0, 0.1) is 12.8 Å². The summed E-state index contributed by atoms with van der Waals surface area (Å²) in [5.41, 5.74) is 0.933. The van der Waals surface area contributed by atoms with Crippen LogP contribution < -0.4 is 5.32 Å². The SMILES string of the molecule is Cc1cnc([C@@H]2N[C@](Cc3cscn3)(C(=O)O)C[C@@H]2C(=O)O)s1. The first kappa shape index (κ1) is 16.0. The molecule has 0 radical (unpaired) electrons. The van der Waals surface area contributed by atoms with Crippen LogP contribution in [0.1, 0.15) is 28.0 Å². The standard InChI is InChI=1S/C14H15N3O4S2/c1-7-4-15-11(23-7)10-9(12(18)19)3-14(17-10,13(20)21)2-8-5-22-6-16-8/h4-6,9-10,17H,2-3H2,1H3,(H,18,19)(H,20,21)/t9-,10+,14-/m0/s1. The molecule has 0 unspecified atom stereocenters. The van der Waals surface area contributed by atoms with Gasteiger partial charge in [0.05, 0.1) is 23.2 Å². The van der Waals surface area contributed by atoms with Gasteiger partial charge in [0.1, 0.15) is 10.5 Å². The van der Waals surface area contributed by atoms with Gasteiger partial charge in [0, 0.05) is 22.9 Å². The molecular formula is C14H15N3O4S2. The van der Waals surface area contributed by atoms with Crippen LogP contribution in [-0.4, -0.2) is 37.7 Å². The number of hydrogen-bond donors (Lipinski definition) is 3. The van der Waals surface area contributed by atoms with E-state index in [0.29, 0.717) is 10.7 Å². The Balaban J connectivity index is 1.96. The Labute approximate surface area is 140 Å². The third-order valence-corrected chi connectivity index (χ3v) is 5.63. The zero-order chi connectivity index (χ0) is 16.6. The molecule has 3 atom stereocenters. The van der Waals surface area contributed by atoms with Gasteiger partial charge in [0.15, 0.2) is 0 Å². The van der Waals surface area contributed by atoms with E-state index >= 15 is 0 Å². The van der Waals surface area contributed by atoms with E-state index in [1.54, 1.807) is 17.1 Å². The van der Waals surface area contributed by atoms with Crippen molar-refractivity contribution in [1.82, 2.24) is 15.3 Å². The predicted octanol–water partition coefficient (Wildman–Crippen LogP) is 1.71. The molecule has 1 aliphatic heterocycles. The highest BCUT2D eigenvalue weighted by Gasteiger charge is 2.54. The lowest BCUT2D eigenvalue weighted by Crippen LogP contribution is -2.50. The number of nitrogens with zero attached hydrogens (tertiary/aromatic N) is 2. The van der Waals surface area contributed by atoms with E-state index in [0.717, 1.165) is 4.88 Å². The Bertz CT molecular complexity index is 730. The monoisotopic (exact) mass is 353 g/mol. The Morgan fingerprint density at radius 1 is 1.43 bits per heavy atom. The molecule has 2 aromatic heterocycles. The molecule has 0 amide bonds. The molecule has 0 aromatic carbocycles. The molecule has 0 saturated carbocycles. The molecule has 9 heteroatoms. The summed E-state index contributed by atoms with van der Waals surface area (Å²) in [6.07, 6.45) is 1.82. The summed E-state index contributed by atoms with van der Waals surface area (Å²) in [5.74, 6) is -2.92. The summed E-state index contributed by atoms with van der Waals surface area (Å²) >= 11 is 2.77. The van der Waals surface area contributed by atoms with Gasteiger partial charge in [0.2, 0.25) is 0 Å². The van der Waals surface area contributed by atoms with Gasteiger partial charge in [-0.05, 0) is 13.3 Å². The van der Waals surface area contributed by atoms with Crippen molar-refractivity contribution < 1.29 is 19.8 Å². The van der Waals surface area contributed by atoms with Crippen molar-refractivity contribution >= 4 is 34.6 Å². The zero-order valence-electron chi connectivity index (χ0n) is 12.2. The van der Waals surface area contributed by atoms with E-state index in [9.17, 15) is 19.8 Å². The smallest absolute Gasteiger partial charge is 0.324 e. The van der Waals surface area contributed by atoms with E-state index in [1.807, 2.05) is 6.92 Å². The molecule has 3 rings (SSSR count). The number of carboxylic acids is 2. The molecule has 0 bridgehead atoms. The van der Waals surface area contributed by atoms with Crippen LogP contribution in [0.15, 0.2) is 17.1 Å². The second kappa shape index (κ2) is 5.99. The minimum Gasteiger partial charge on any atom is -0.481 e. The molecule has 7 nitrogen and oxygen atoms in total. The molecule has 1 aliphatic rings. The fourth-order valence-electron chi connectivity index (χ4n) is 2.91. The molecule has 1 fully saturated rings. The highest BCUT2D eigenvalue weighted by molar-refractivity contribution is 7.11. The minimum absolute atomic E-state index is 0.00150. The Kier molecular flexibility index (Phi) is 4.17. The number of rotatable bonds is 5. The lowest BCUT2D eigenvalue weighted by Gasteiger charge is -2.24. The Hall–Kier alpha value is -1.84. The van der Waals surface area contributed by atoms with Crippen molar-refractivity contribution in [3.05, 3.63) is 32.7 Å². The zero-order valence-corrected chi connectivity index (χ0v) is 13.9. The average molecular weight is 353 g/mol. The van der Waals surface area contributed by atoms with Crippen LogP contribution in [0.4, 0.5) is 0 Å². The molecule has 3 heterocycles. The number of nitrogens with one attached hydrogen (secondary N) is 1. The predicted molar refractivity (Wildman–Crippen MR) is 84.7 cm³/mol. The van der Waals surface area contributed by atoms with Gasteiger partial charge in [0.25, 0.3) is 0 Å². The van der Waals surface area contributed by atoms with Crippen molar-refractivity contribution in [3.8, 4) is 0 Å². The molecule has 23 heavy (non-hydrogen) atoms. The third kappa shape index (κ3) is 2.99. The number of aromatic nitrogens is 2. The van der Waals surface area contributed by atoms with Crippen molar-refractivity contribution in [3.63, 3.8) is 0 Å². The second-order valence-electron chi connectivity index (χ2n) is 5.62. The maximum atomic E-state index is 11.9. The van der Waals surface area contributed by atoms with Crippen LogP contribution in [-0.2, 0) is 16.0 Å². The van der Waals surface area contributed by atoms with Crippen LogP contribution in [0.25, 0.3) is 0 Å². The van der Waals surface area contributed by atoms with Crippen molar-refractivity contribution in [1.29, 1.82) is 0 Å². The van der Waals surface area contributed by atoms with Gasteiger partial charge < -0.3 is 10.2 Å². The van der Waals surface area contributed by atoms with Crippen molar-refractivity contribution in [2.75, 3.05) is 0 Å². The second-order valence-corrected chi connectivity index (χ2v) is 7.61. The number of aryl methyl sites for hydroxylation is 1. The first-order chi connectivity index (χ1) is 10.9. The minimum atomic E-state index is -1.35. The van der Waals surface area contributed by atoms with Gasteiger partial charge >= 0.3 is 11.9 Å². The highest BCUT2D eigenvalue weighted by atomic mass is 32.1. The Morgan fingerprint density at radius 2 is 2.22 bits per heavy atom. The molecule has 122 valence electrons. The quantitative estimate of drug-likeness (QED) is 0.750. The normalized spacial score (nSPS) is 27.2. The lowest BCUT2D eigenvalue weighted by molar-refractivity contribution is -0.145. The van der Waals surface area contributed by atoms with Crippen LogP contribution in [0.2, 0.25) is 0 Å². The highest BCUT2D eigenvalue weighted by Crippen LogP contribution is 2.41. The summed E-state index contributed by atoms with van der Waals surface area (Å²) < 4.78 is 0. The third-order valence-electron chi connectivity index (χ3n) is 4.00. The van der Waals surface area contributed by atoms with E-state index in [-0.39, 0.29) is 12.8 Å². The van der Waals surface area contributed by atoms with Gasteiger partial charge in [-0.2, -0.15) is 0 Å². The lowest BCUT2D eigenvalue weighted by atomic mass is 9.87. The maximum Gasteiger partial charge on any atom is 0.324 e. The van der Waals surface area contributed by atoms with E-state index in [2.05, 4.69) is 15.3 Å². The number of thiazole rings is 2. The summed E-state index contributed by atoms with van der Waals surface area (Å²) in [5, 5.41) is 24.7. The van der Waals surface area contributed by atoms with Gasteiger partial charge in [-0.15, -0.1) is 22.7 Å². The first-order valence-electron chi connectivity index (χ1n) is 6.94. The maximum absolute atomic E-state index is 11.9. The molecule has 2 aromatic rings. The number of hydrogen-bond acceptors (Lipinski definition) is 7. The Morgan fingerprint density at radius 3 is 2.74 bits per heavy atom. The van der Waals surface area contributed by atoms with Gasteiger partial charge in [-0.25, -0.2) is 9.97 Å². The summed E-state index contributed by atoms with van der Waals surface area (Å²) in [4.78, 5) is 32.9. The fraction of sp³-hybridized carbons (Fsp3) is 0.429. The van der Waals surface area contributed by atoms with Gasteiger partial charge in [-0.1, -0.05) is 0 Å². The van der Waals surface area contributed by atoms with Crippen molar-refractivity contribution in [2.45, 2.75) is 31.3 Å². The molecule has 0 spiro atoms. The average Bonchev–Trinajstić information content (AvgIpc) is 3.19. The molecule has 1 saturated heterocycles. The molecule has 0 aliphatic carbocycles. The van der Waals surface area contributed by atoms with E-state index in [1.165, 1.54) is 22.7 Å². The van der Waals surface area contributed by atoms with Crippen LogP contribution >= 0.6 is 22.7 Å². The van der Waals surface area contributed by atoms with E-state index in [4.69, 9.17) is 0 Å².